The summed E-state index contributed by atoms with van der Waals surface area (Å²) in [6.45, 7) is 5.33. The monoisotopic (exact) mass is 547 g/mol. The van der Waals surface area contributed by atoms with Crippen LogP contribution in [0.25, 0.3) is 0 Å². The normalized spacial score (nSPS) is 17.5. The molecule has 0 aromatic heterocycles. The molecule has 0 radical (unpaired) electrons. The van der Waals surface area contributed by atoms with Crippen molar-refractivity contribution in [3.8, 4) is 11.5 Å². The van der Waals surface area contributed by atoms with E-state index in [2.05, 4.69) is 20.5 Å². The van der Waals surface area contributed by atoms with Gasteiger partial charge in [0.1, 0.15) is 17.6 Å². The minimum absolute atomic E-state index is 0. The quantitative estimate of drug-likeness (QED) is 0.203. The number of benzene rings is 1. The van der Waals surface area contributed by atoms with E-state index < -0.39 is 0 Å². The minimum Gasteiger partial charge on any atom is -0.497 e. The molecule has 1 aromatic carbocycles. The Hall–Kier alpha value is -1.75. The number of likely N-dealkylation sites (N-methyl/N-ethyl adjacent to an activating group) is 1. The van der Waals surface area contributed by atoms with Gasteiger partial charge in [0.15, 0.2) is 5.96 Å². The Morgan fingerprint density at radius 1 is 1.32 bits per heavy atom. The zero-order chi connectivity index (χ0) is 21.9. The fraction of sp³-hybridized carbons (Fsp3) is 0.636. The van der Waals surface area contributed by atoms with E-state index in [-0.39, 0.29) is 42.0 Å². The van der Waals surface area contributed by atoms with Crippen LogP contribution in [0.5, 0.6) is 11.5 Å². The van der Waals surface area contributed by atoms with E-state index in [1.165, 1.54) is 0 Å². The van der Waals surface area contributed by atoms with E-state index in [9.17, 15) is 4.79 Å². The van der Waals surface area contributed by atoms with Gasteiger partial charge in [-0.05, 0) is 44.9 Å². The molecule has 2 unspecified atom stereocenters. The highest BCUT2D eigenvalue weighted by Gasteiger charge is 2.30. The van der Waals surface area contributed by atoms with E-state index in [0.717, 1.165) is 56.4 Å². The molecule has 1 aliphatic heterocycles. The van der Waals surface area contributed by atoms with Crippen LogP contribution in [0.15, 0.2) is 29.3 Å². The molecule has 31 heavy (non-hydrogen) atoms. The lowest BCUT2D eigenvalue weighted by atomic mass is 10.2. The lowest BCUT2D eigenvalue weighted by Crippen LogP contribution is -2.44. The maximum Gasteiger partial charge on any atom is 0.239 e. The second kappa shape index (κ2) is 14.3. The number of likely N-dealkylation sites (tertiary alicyclic amines) is 1. The number of ether oxygens (including phenoxy) is 2. The topological polar surface area (TPSA) is 78.4 Å². The molecule has 1 heterocycles. The van der Waals surface area contributed by atoms with E-state index in [0.29, 0.717) is 6.54 Å². The number of carbonyl (C=O) groups excluding carboxylic acids is 1. The van der Waals surface area contributed by atoms with Crippen molar-refractivity contribution in [1.29, 1.82) is 0 Å². The highest BCUT2D eigenvalue weighted by atomic mass is 127. The van der Waals surface area contributed by atoms with Crippen LogP contribution < -0.4 is 20.1 Å². The number of nitrogens with zero attached hydrogens (tertiary/aromatic N) is 3. The Bertz CT molecular complexity index is 701. The molecule has 1 amide bonds. The highest BCUT2D eigenvalue weighted by Crippen LogP contribution is 2.20. The van der Waals surface area contributed by atoms with Gasteiger partial charge in [-0.3, -0.25) is 14.7 Å². The zero-order valence-corrected chi connectivity index (χ0v) is 21.7. The molecule has 0 spiro atoms. The molecule has 8 nitrogen and oxygen atoms in total. The van der Waals surface area contributed by atoms with Gasteiger partial charge in [0.05, 0.1) is 19.7 Å². The summed E-state index contributed by atoms with van der Waals surface area (Å²) in [7, 11) is 7.06. The predicted molar refractivity (Wildman–Crippen MR) is 136 cm³/mol. The van der Waals surface area contributed by atoms with Gasteiger partial charge in [-0.25, -0.2) is 0 Å². The van der Waals surface area contributed by atoms with Crippen molar-refractivity contribution in [1.82, 2.24) is 20.4 Å². The Balaban J connectivity index is 0.00000480. The third-order valence-corrected chi connectivity index (χ3v) is 5.16. The largest absolute Gasteiger partial charge is 0.497 e. The van der Waals surface area contributed by atoms with Crippen molar-refractivity contribution in [2.45, 2.75) is 38.3 Å². The molecule has 2 N–H and O–H groups in total. The molecule has 0 bridgehead atoms. The van der Waals surface area contributed by atoms with Crippen molar-refractivity contribution in [2.75, 3.05) is 54.4 Å². The first-order valence-electron chi connectivity index (χ1n) is 10.6. The summed E-state index contributed by atoms with van der Waals surface area (Å²) in [6, 6.07) is 7.62. The number of hydrogen-bond donors (Lipinski definition) is 2. The van der Waals surface area contributed by atoms with Crippen molar-refractivity contribution < 1.29 is 14.3 Å². The summed E-state index contributed by atoms with van der Waals surface area (Å²) in [4.78, 5) is 20.5. The minimum atomic E-state index is -0.0296. The standard InChI is InChI=1S/C22H37N5O3.HI/c1-17(30-19-10-6-9-18(15-19)29-5)16-25-22(23-2)24-12-8-14-27-13-7-11-20(27)21(28)26(3)4;/h6,9-10,15,17,20H,7-8,11-14,16H2,1-5H3,(H2,23,24,25);1H. The van der Waals surface area contributed by atoms with Gasteiger partial charge in [-0.1, -0.05) is 6.07 Å². The number of amides is 1. The average Bonchev–Trinajstić information content (AvgIpc) is 3.21. The smallest absolute Gasteiger partial charge is 0.239 e. The summed E-state index contributed by atoms with van der Waals surface area (Å²) in [5.74, 6) is 2.51. The molecule has 1 fully saturated rings. The van der Waals surface area contributed by atoms with Gasteiger partial charge in [0.2, 0.25) is 5.91 Å². The number of hydrogen-bond acceptors (Lipinski definition) is 5. The van der Waals surface area contributed by atoms with E-state index >= 15 is 0 Å². The van der Waals surface area contributed by atoms with Gasteiger partial charge in [0.25, 0.3) is 0 Å². The average molecular weight is 547 g/mol. The number of methoxy groups -OCH3 is 1. The highest BCUT2D eigenvalue weighted by molar-refractivity contribution is 14.0. The van der Waals surface area contributed by atoms with Crippen LogP contribution in [-0.4, -0.2) is 88.2 Å². The zero-order valence-electron chi connectivity index (χ0n) is 19.4. The number of guanidine groups is 1. The molecule has 176 valence electrons. The van der Waals surface area contributed by atoms with Gasteiger partial charge in [0, 0.05) is 40.3 Å². The first kappa shape index (κ1) is 27.3. The molecule has 2 rings (SSSR count). The van der Waals surface area contributed by atoms with E-state index in [1.807, 2.05) is 45.3 Å². The van der Waals surface area contributed by atoms with Crippen LogP contribution in [0.3, 0.4) is 0 Å². The van der Waals surface area contributed by atoms with Gasteiger partial charge >= 0.3 is 0 Å². The van der Waals surface area contributed by atoms with Crippen LogP contribution >= 0.6 is 24.0 Å². The number of aliphatic imine (C=N–C) groups is 1. The second-order valence-corrected chi connectivity index (χ2v) is 7.77. The predicted octanol–water partition coefficient (Wildman–Crippen LogP) is 2.19. The molecule has 0 saturated carbocycles. The SMILES string of the molecule is CN=C(NCCCN1CCCC1C(=O)N(C)C)NCC(C)Oc1cccc(OC)c1.I. The first-order valence-corrected chi connectivity index (χ1v) is 10.6. The van der Waals surface area contributed by atoms with Gasteiger partial charge < -0.3 is 25.0 Å². The lowest BCUT2D eigenvalue weighted by Gasteiger charge is -2.26. The van der Waals surface area contributed by atoms with Crippen LogP contribution in [0, 0.1) is 0 Å². The summed E-state index contributed by atoms with van der Waals surface area (Å²) in [5, 5.41) is 6.64. The van der Waals surface area contributed by atoms with E-state index in [1.54, 1.807) is 19.1 Å². The summed E-state index contributed by atoms with van der Waals surface area (Å²) in [5.41, 5.74) is 0. The number of carbonyl (C=O) groups is 1. The number of halogens is 1. The number of nitrogens with one attached hydrogen (secondary N) is 2. The number of rotatable bonds is 10. The lowest BCUT2D eigenvalue weighted by molar-refractivity contribution is -0.133. The fourth-order valence-electron chi connectivity index (χ4n) is 3.57. The van der Waals surface area contributed by atoms with Crippen molar-refractivity contribution >= 4 is 35.8 Å². The Kier molecular flexibility index (Phi) is 12.6. The maximum absolute atomic E-state index is 12.3. The molecule has 1 aromatic rings. The third-order valence-electron chi connectivity index (χ3n) is 5.16. The Morgan fingerprint density at radius 3 is 2.74 bits per heavy atom. The first-order chi connectivity index (χ1) is 14.4. The molecule has 0 aliphatic carbocycles. The van der Waals surface area contributed by atoms with E-state index in [4.69, 9.17) is 9.47 Å². The third kappa shape index (κ3) is 9.10. The van der Waals surface area contributed by atoms with Gasteiger partial charge in [-0.2, -0.15) is 0 Å². The van der Waals surface area contributed by atoms with Gasteiger partial charge in [-0.15, -0.1) is 24.0 Å². The van der Waals surface area contributed by atoms with Crippen LogP contribution in [0.1, 0.15) is 26.2 Å². The van der Waals surface area contributed by atoms with Crippen molar-refractivity contribution in [3.63, 3.8) is 0 Å². The summed E-state index contributed by atoms with van der Waals surface area (Å²) < 4.78 is 11.2. The molecule has 2 atom stereocenters. The summed E-state index contributed by atoms with van der Waals surface area (Å²) >= 11 is 0. The van der Waals surface area contributed by atoms with Crippen LogP contribution in [0.4, 0.5) is 0 Å². The fourth-order valence-corrected chi connectivity index (χ4v) is 3.57. The summed E-state index contributed by atoms with van der Waals surface area (Å²) in [6.07, 6.45) is 2.97. The molecular weight excluding hydrogens is 509 g/mol. The van der Waals surface area contributed by atoms with Crippen LogP contribution in [-0.2, 0) is 4.79 Å². The molecule has 1 aliphatic rings. The second-order valence-electron chi connectivity index (χ2n) is 7.77. The Morgan fingerprint density at radius 2 is 2.06 bits per heavy atom. The van der Waals surface area contributed by atoms with Crippen LogP contribution in [0.2, 0.25) is 0 Å². The maximum atomic E-state index is 12.3. The molecular formula is C22H38IN5O3. The van der Waals surface area contributed by atoms with Crippen molar-refractivity contribution in [2.24, 2.45) is 4.99 Å². The Labute approximate surface area is 203 Å². The van der Waals surface area contributed by atoms with Crippen molar-refractivity contribution in [3.05, 3.63) is 24.3 Å². The molecule has 9 heteroatoms. The molecule has 1 saturated heterocycles.